The first-order valence-electron chi connectivity index (χ1n) is 6.81. The first-order chi connectivity index (χ1) is 10.5. The largest absolute Gasteiger partial charge is 0.483 e. The summed E-state index contributed by atoms with van der Waals surface area (Å²) in [7, 11) is 1.34. The van der Waals surface area contributed by atoms with Crippen LogP contribution in [0, 0.1) is 5.92 Å². The summed E-state index contributed by atoms with van der Waals surface area (Å²) in [6.45, 7) is 4.35. The van der Waals surface area contributed by atoms with E-state index in [-0.39, 0.29) is 6.61 Å². The van der Waals surface area contributed by atoms with Crippen molar-refractivity contribution in [3.63, 3.8) is 0 Å². The van der Waals surface area contributed by atoms with Crippen molar-refractivity contribution in [3.8, 4) is 5.75 Å². The molecule has 2 aromatic rings. The number of carbonyl (C=O) groups is 1. The van der Waals surface area contributed by atoms with Gasteiger partial charge in [-0.3, -0.25) is 0 Å². The van der Waals surface area contributed by atoms with E-state index >= 15 is 0 Å². The molecule has 0 aliphatic heterocycles. The number of halogens is 1. The summed E-state index contributed by atoms with van der Waals surface area (Å²) in [5, 5.41) is 3.90. The van der Waals surface area contributed by atoms with Gasteiger partial charge in [-0.25, -0.2) is 4.79 Å². The van der Waals surface area contributed by atoms with Crippen molar-refractivity contribution < 1.29 is 18.8 Å². The predicted molar refractivity (Wildman–Crippen MR) is 82.7 cm³/mol. The molecule has 0 amide bonds. The second-order valence-corrected chi connectivity index (χ2v) is 5.98. The van der Waals surface area contributed by atoms with E-state index in [1.807, 2.05) is 0 Å². The Hall–Kier alpha value is -1.89. The minimum Gasteiger partial charge on any atom is -0.483 e. The molecule has 1 aromatic heterocycles. The molecule has 0 atom stereocenters. The van der Waals surface area contributed by atoms with Crippen LogP contribution in [0.2, 0.25) is 0 Å². The van der Waals surface area contributed by atoms with Crippen LogP contribution in [0.1, 0.15) is 35.9 Å². The highest BCUT2D eigenvalue weighted by atomic mass is 79.9. The number of aromatic nitrogens is 2. The third-order valence-corrected chi connectivity index (χ3v) is 3.42. The molecule has 6 nitrogen and oxygen atoms in total. The van der Waals surface area contributed by atoms with E-state index < -0.39 is 5.97 Å². The zero-order chi connectivity index (χ0) is 16.1. The second kappa shape index (κ2) is 7.40. The van der Waals surface area contributed by atoms with Gasteiger partial charge in [0, 0.05) is 6.42 Å². The number of rotatable bonds is 6. The van der Waals surface area contributed by atoms with Gasteiger partial charge in [0.1, 0.15) is 5.75 Å². The monoisotopic (exact) mass is 368 g/mol. The number of methoxy groups -OCH3 is 1. The van der Waals surface area contributed by atoms with Gasteiger partial charge in [-0.1, -0.05) is 19.0 Å². The quantitative estimate of drug-likeness (QED) is 0.727. The van der Waals surface area contributed by atoms with E-state index in [9.17, 15) is 4.79 Å². The standard InChI is InChI=1S/C15H17BrN2O4/c1-9(2)6-13-17-14(22-18-13)8-21-12-5-4-10(7-11(12)16)15(19)20-3/h4-5,7,9H,6,8H2,1-3H3. The first kappa shape index (κ1) is 16.5. The molecule has 118 valence electrons. The van der Waals surface area contributed by atoms with Crippen LogP contribution in [0.25, 0.3) is 0 Å². The number of carbonyl (C=O) groups excluding carboxylic acids is 1. The van der Waals surface area contributed by atoms with Gasteiger partial charge in [0.25, 0.3) is 5.89 Å². The highest BCUT2D eigenvalue weighted by Crippen LogP contribution is 2.27. The van der Waals surface area contributed by atoms with Gasteiger partial charge in [0.05, 0.1) is 17.1 Å². The number of hydrogen-bond donors (Lipinski definition) is 0. The van der Waals surface area contributed by atoms with Crippen LogP contribution in [-0.2, 0) is 17.8 Å². The van der Waals surface area contributed by atoms with Gasteiger partial charge in [-0.2, -0.15) is 4.98 Å². The topological polar surface area (TPSA) is 74.5 Å². The third kappa shape index (κ3) is 4.30. The Labute approximate surface area is 136 Å². The van der Waals surface area contributed by atoms with Gasteiger partial charge in [-0.15, -0.1) is 0 Å². The lowest BCUT2D eigenvalue weighted by molar-refractivity contribution is 0.0600. The van der Waals surface area contributed by atoms with Crippen molar-refractivity contribution in [1.29, 1.82) is 0 Å². The predicted octanol–water partition coefficient (Wildman–Crippen LogP) is 3.40. The summed E-state index contributed by atoms with van der Waals surface area (Å²) in [4.78, 5) is 15.7. The van der Waals surface area contributed by atoms with Crippen LogP contribution in [0.3, 0.4) is 0 Å². The highest BCUT2D eigenvalue weighted by molar-refractivity contribution is 9.10. The molecule has 0 N–H and O–H groups in total. The molecular weight excluding hydrogens is 352 g/mol. The number of nitrogens with zero attached hydrogens (tertiary/aromatic N) is 2. The Kier molecular flexibility index (Phi) is 5.54. The maximum Gasteiger partial charge on any atom is 0.337 e. The minimum atomic E-state index is -0.400. The Morgan fingerprint density at radius 3 is 2.82 bits per heavy atom. The number of ether oxygens (including phenoxy) is 2. The van der Waals surface area contributed by atoms with Crippen LogP contribution in [0.15, 0.2) is 27.2 Å². The molecule has 22 heavy (non-hydrogen) atoms. The molecule has 0 saturated carbocycles. The summed E-state index contributed by atoms with van der Waals surface area (Å²) in [5.74, 6) is 1.73. The molecule has 0 aliphatic carbocycles. The van der Waals surface area contributed by atoms with Gasteiger partial charge >= 0.3 is 5.97 Å². The lowest BCUT2D eigenvalue weighted by Gasteiger charge is -2.07. The average Bonchev–Trinajstić information content (AvgIpc) is 2.91. The molecule has 0 unspecified atom stereocenters. The highest BCUT2D eigenvalue weighted by Gasteiger charge is 2.12. The van der Waals surface area contributed by atoms with Crippen molar-refractivity contribution in [1.82, 2.24) is 10.1 Å². The molecule has 0 bridgehead atoms. The van der Waals surface area contributed by atoms with Crippen LogP contribution < -0.4 is 4.74 Å². The van der Waals surface area contributed by atoms with Crippen LogP contribution in [-0.4, -0.2) is 23.2 Å². The van der Waals surface area contributed by atoms with E-state index in [0.717, 1.165) is 6.42 Å². The SMILES string of the molecule is COC(=O)c1ccc(OCc2nc(CC(C)C)no2)c(Br)c1. The first-order valence-corrected chi connectivity index (χ1v) is 7.61. The normalized spacial score (nSPS) is 10.8. The minimum absolute atomic E-state index is 0.168. The van der Waals surface area contributed by atoms with E-state index in [0.29, 0.717) is 33.4 Å². The average molecular weight is 369 g/mol. The maximum absolute atomic E-state index is 11.4. The summed E-state index contributed by atoms with van der Waals surface area (Å²) in [5.41, 5.74) is 0.443. The Morgan fingerprint density at radius 2 is 2.18 bits per heavy atom. The maximum atomic E-state index is 11.4. The van der Waals surface area contributed by atoms with Crippen molar-refractivity contribution in [2.45, 2.75) is 26.9 Å². The van der Waals surface area contributed by atoms with Crippen molar-refractivity contribution in [2.24, 2.45) is 5.92 Å². The Balaban J connectivity index is 1.99. The molecule has 0 fully saturated rings. The lowest BCUT2D eigenvalue weighted by atomic mass is 10.1. The van der Waals surface area contributed by atoms with Gasteiger partial charge in [0.15, 0.2) is 12.4 Å². The van der Waals surface area contributed by atoms with Crippen molar-refractivity contribution in [3.05, 3.63) is 40.0 Å². The molecule has 2 rings (SSSR count). The summed E-state index contributed by atoms with van der Waals surface area (Å²) >= 11 is 3.36. The van der Waals surface area contributed by atoms with Crippen LogP contribution >= 0.6 is 15.9 Å². The Bertz CT molecular complexity index is 655. The third-order valence-electron chi connectivity index (χ3n) is 2.81. The molecule has 0 radical (unpaired) electrons. The zero-order valence-electron chi connectivity index (χ0n) is 12.6. The Morgan fingerprint density at radius 1 is 1.41 bits per heavy atom. The van der Waals surface area contributed by atoms with Gasteiger partial charge in [0.2, 0.25) is 0 Å². The number of esters is 1. The van der Waals surface area contributed by atoms with E-state index in [1.165, 1.54) is 7.11 Å². The van der Waals surface area contributed by atoms with Crippen LogP contribution in [0.5, 0.6) is 5.75 Å². The van der Waals surface area contributed by atoms with E-state index in [4.69, 9.17) is 9.26 Å². The summed E-state index contributed by atoms with van der Waals surface area (Å²) in [6.07, 6.45) is 0.765. The summed E-state index contributed by atoms with van der Waals surface area (Å²) < 4.78 is 16.1. The van der Waals surface area contributed by atoms with E-state index in [1.54, 1.807) is 18.2 Å². The van der Waals surface area contributed by atoms with E-state index in [2.05, 4.69) is 44.7 Å². The molecule has 1 heterocycles. The molecule has 0 aliphatic rings. The second-order valence-electron chi connectivity index (χ2n) is 5.13. The van der Waals surface area contributed by atoms with Crippen molar-refractivity contribution in [2.75, 3.05) is 7.11 Å². The zero-order valence-corrected chi connectivity index (χ0v) is 14.2. The molecule has 7 heteroatoms. The van der Waals surface area contributed by atoms with Gasteiger partial charge in [-0.05, 0) is 40.0 Å². The fraction of sp³-hybridized carbons (Fsp3) is 0.400. The molecule has 0 saturated heterocycles. The smallest absolute Gasteiger partial charge is 0.337 e. The number of benzene rings is 1. The molecule has 1 aromatic carbocycles. The molecule has 0 spiro atoms. The lowest BCUT2D eigenvalue weighted by Crippen LogP contribution is -2.02. The number of hydrogen-bond acceptors (Lipinski definition) is 6. The fourth-order valence-electron chi connectivity index (χ4n) is 1.80. The van der Waals surface area contributed by atoms with Crippen LogP contribution in [0.4, 0.5) is 0 Å². The van der Waals surface area contributed by atoms with Crippen molar-refractivity contribution >= 4 is 21.9 Å². The summed E-state index contributed by atoms with van der Waals surface area (Å²) in [6, 6.07) is 4.95. The fourth-order valence-corrected chi connectivity index (χ4v) is 2.29. The van der Waals surface area contributed by atoms with Gasteiger partial charge < -0.3 is 14.0 Å². The molecular formula is C15H17BrN2O4.